The van der Waals surface area contributed by atoms with E-state index in [0.717, 1.165) is 18.6 Å². The van der Waals surface area contributed by atoms with Crippen LogP contribution in [0.4, 0.5) is 5.82 Å². The maximum Gasteiger partial charge on any atom is 0.279 e. The van der Waals surface area contributed by atoms with Crippen molar-refractivity contribution in [1.29, 1.82) is 0 Å². The zero-order valence-corrected chi connectivity index (χ0v) is 9.25. The highest BCUT2D eigenvalue weighted by molar-refractivity contribution is 6.02. The van der Waals surface area contributed by atoms with E-state index < -0.39 is 0 Å². The van der Waals surface area contributed by atoms with Crippen LogP contribution in [0.25, 0.3) is 0 Å². The SMILES string of the molecule is Cn1cc(NC(=O)c2cc(C3CC3)on2)nn1. The Hall–Kier alpha value is -2.18. The number of carbonyl (C=O) groups excluding carboxylic acids is 1. The lowest BCUT2D eigenvalue weighted by atomic mass is 10.3. The van der Waals surface area contributed by atoms with Crippen molar-refractivity contribution < 1.29 is 9.32 Å². The zero-order valence-electron chi connectivity index (χ0n) is 9.25. The van der Waals surface area contributed by atoms with Crippen LogP contribution >= 0.6 is 0 Å². The number of aryl methyl sites for hydroxylation is 1. The molecule has 7 nitrogen and oxygen atoms in total. The highest BCUT2D eigenvalue weighted by Gasteiger charge is 2.28. The molecule has 0 radical (unpaired) electrons. The number of anilines is 1. The Kier molecular flexibility index (Phi) is 2.17. The number of rotatable bonds is 3. The standard InChI is InChI=1S/C10H11N5O2/c1-15-5-9(12-14-15)11-10(16)7-4-8(17-13-7)6-2-3-6/h4-6H,2-3H2,1H3,(H,11,16). The molecule has 1 N–H and O–H groups in total. The Labute approximate surface area is 96.8 Å². The van der Waals surface area contributed by atoms with Crippen LogP contribution in [0.15, 0.2) is 16.8 Å². The van der Waals surface area contributed by atoms with Crippen LogP contribution in [-0.4, -0.2) is 26.1 Å². The van der Waals surface area contributed by atoms with Crippen molar-refractivity contribution >= 4 is 11.7 Å². The third kappa shape index (κ3) is 2.03. The van der Waals surface area contributed by atoms with Gasteiger partial charge in [0.15, 0.2) is 11.5 Å². The predicted molar refractivity (Wildman–Crippen MR) is 57.4 cm³/mol. The van der Waals surface area contributed by atoms with Gasteiger partial charge in [-0.15, -0.1) is 5.10 Å². The first-order valence-electron chi connectivity index (χ1n) is 5.36. The minimum atomic E-state index is -0.332. The second-order valence-corrected chi connectivity index (χ2v) is 4.12. The van der Waals surface area contributed by atoms with Gasteiger partial charge in [-0.3, -0.25) is 9.48 Å². The summed E-state index contributed by atoms with van der Waals surface area (Å²) >= 11 is 0. The molecule has 1 fully saturated rings. The van der Waals surface area contributed by atoms with Gasteiger partial charge in [0.2, 0.25) is 0 Å². The van der Waals surface area contributed by atoms with E-state index in [1.807, 2.05) is 0 Å². The third-order valence-electron chi connectivity index (χ3n) is 2.58. The lowest BCUT2D eigenvalue weighted by Crippen LogP contribution is -2.12. The number of aromatic nitrogens is 4. The van der Waals surface area contributed by atoms with Gasteiger partial charge >= 0.3 is 0 Å². The molecular weight excluding hydrogens is 222 g/mol. The molecule has 1 aliphatic rings. The summed E-state index contributed by atoms with van der Waals surface area (Å²) in [6.07, 6.45) is 3.83. The summed E-state index contributed by atoms with van der Waals surface area (Å²) in [6, 6.07) is 1.68. The van der Waals surface area contributed by atoms with Crippen LogP contribution in [0, 0.1) is 0 Å². The van der Waals surface area contributed by atoms with Crippen molar-refractivity contribution in [2.24, 2.45) is 7.05 Å². The molecule has 0 spiro atoms. The maximum atomic E-state index is 11.8. The molecule has 1 amide bonds. The topological polar surface area (TPSA) is 85.8 Å². The Bertz CT molecular complexity index is 555. The van der Waals surface area contributed by atoms with Crippen LogP contribution in [0.5, 0.6) is 0 Å². The number of hydrogen-bond acceptors (Lipinski definition) is 5. The molecule has 88 valence electrons. The molecule has 0 saturated heterocycles. The summed E-state index contributed by atoms with van der Waals surface area (Å²) in [5.74, 6) is 1.30. The second-order valence-electron chi connectivity index (χ2n) is 4.12. The van der Waals surface area contributed by atoms with Gasteiger partial charge in [-0.2, -0.15) is 0 Å². The minimum absolute atomic E-state index is 0.276. The largest absolute Gasteiger partial charge is 0.360 e. The highest BCUT2D eigenvalue weighted by atomic mass is 16.5. The Morgan fingerprint density at radius 2 is 2.41 bits per heavy atom. The monoisotopic (exact) mass is 233 g/mol. The first kappa shape index (κ1) is 10.0. The summed E-state index contributed by atoms with van der Waals surface area (Å²) in [5, 5.41) is 13.8. The van der Waals surface area contributed by atoms with E-state index in [1.165, 1.54) is 4.68 Å². The molecule has 7 heteroatoms. The van der Waals surface area contributed by atoms with Gasteiger partial charge in [0.25, 0.3) is 5.91 Å². The van der Waals surface area contributed by atoms with Crippen LogP contribution in [0.2, 0.25) is 0 Å². The van der Waals surface area contributed by atoms with Gasteiger partial charge < -0.3 is 9.84 Å². The fourth-order valence-electron chi connectivity index (χ4n) is 1.54. The third-order valence-corrected chi connectivity index (χ3v) is 2.58. The fraction of sp³-hybridized carbons (Fsp3) is 0.400. The summed E-state index contributed by atoms with van der Waals surface area (Å²) in [5.41, 5.74) is 0.276. The molecule has 0 bridgehead atoms. The minimum Gasteiger partial charge on any atom is -0.360 e. The molecule has 17 heavy (non-hydrogen) atoms. The summed E-state index contributed by atoms with van der Waals surface area (Å²) in [4.78, 5) is 11.8. The van der Waals surface area contributed by atoms with Gasteiger partial charge in [0, 0.05) is 19.0 Å². The van der Waals surface area contributed by atoms with Crippen molar-refractivity contribution in [3.63, 3.8) is 0 Å². The fourth-order valence-corrected chi connectivity index (χ4v) is 1.54. The van der Waals surface area contributed by atoms with Crippen molar-refractivity contribution in [3.8, 4) is 0 Å². The van der Waals surface area contributed by atoms with E-state index in [1.54, 1.807) is 19.3 Å². The zero-order chi connectivity index (χ0) is 11.8. The maximum absolute atomic E-state index is 11.8. The van der Waals surface area contributed by atoms with Crippen molar-refractivity contribution in [3.05, 3.63) is 23.7 Å². The molecular formula is C10H11N5O2. The Morgan fingerprint density at radius 3 is 3.06 bits per heavy atom. The van der Waals surface area contributed by atoms with Gasteiger partial charge in [0.05, 0.1) is 6.20 Å². The van der Waals surface area contributed by atoms with E-state index in [2.05, 4.69) is 20.8 Å². The van der Waals surface area contributed by atoms with E-state index in [9.17, 15) is 4.79 Å². The van der Waals surface area contributed by atoms with Gasteiger partial charge in [-0.1, -0.05) is 10.4 Å². The second kappa shape index (κ2) is 3.69. The van der Waals surface area contributed by atoms with Crippen LogP contribution in [0.3, 0.4) is 0 Å². The summed E-state index contributed by atoms with van der Waals surface area (Å²) in [6.45, 7) is 0. The van der Waals surface area contributed by atoms with Crippen molar-refractivity contribution in [1.82, 2.24) is 20.2 Å². The van der Waals surface area contributed by atoms with Gasteiger partial charge in [-0.05, 0) is 12.8 Å². The molecule has 3 rings (SSSR count). The average molecular weight is 233 g/mol. The van der Waals surface area contributed by atoms with E-state index >= 15 is 0 Å². The lowest BCUT2D eigenvalue weighted by Gasteiger charge is -1.94. The number of carbonyl (C=O) groups is 1. The molecule has 1 saturated carbocycles. The lowest BCUT2D eigenvalue weighted by molar-refractivity contribution is 0.101. The molecule has 2 aromatic heterocycles. The first-order chi connectivity index (χ1) is 8.22. The molecule has 1 aliphatic carbocycles. The van der Waals surface area contributed by atoms with E-state index in [0.29, 0.717) is 11.7 Å². The molecule has 0 unspecified atom stereocenters. The van der Waals surface area contributed by atoms with Crippen LogP contribution < -0.4 is 5.32 Å². The Balaban J connectivity index is 1.72. The number of hydrogen-bond donors (Lipinski definition) is 1. The smallest absolute Gasteiger partial charge is 0.279 e. The summed E-state index contributed by atoms with van der Waals surface area (Å²) < 4.78 is 6.61. The molecule has 2 aromatic rings. The highest BCUT2D eigenvalue weighted by Crippen LogP contribution is 2.40. The summed E-state index contributed by atoms with van der Waals surface area (Å²) in [7, 11) is 1.73. The van der Waals surface area contributed by atoms with E-state index in [-0.39, 0.29) is 11.6 Å². The first-order valence-corrected chi connectivity index (χ1v) is 5.36. The van der Waals surface area contributed by atoms with Crippen LogP contribution in [-0.2, 0) is 7.05 Å². The van der Waals surface area contributed by atoms with E-state index in [4.69, 9.17) is 4.52 Å². The normalized spacial score (nSPS) is 14.9. The number of nitrogens with one attached hydrogen (secondary N) is 1. The molecule has 0 atom stereocenters. The number of amides is 1. The van der Waals surface area contributed by atoms with Gasteiger partial charge in [-0.25, -0.2) is 0 Å². The van der Waals surface area contributed by atoms with Gasteiger partial charge in [0.1, 0.15) is 5.76 Å². The van der Waals surface area contributed by atoms with Crippen molar-refractivity contribution in [2.75, 3.05) is 5.32 Å². The molecule has 0 aromatic carbocycles. The van der Waals surface area contributed by atoms with Crippen LogP contribution in [0.1, 0.15) is 35.0 Å². The average Bonchev–Trinajstić information content (AvgIpc) is 2.88. The van der Waals surface area contributed by atoms with Crippen molar-refractivity contribution in [2.45, 2.75) is 18.8 Å². The quantitative estimate of drug-likeness (QED) is 0.852. The Morgan fingerprint density at radius 1 is 1.59 bits per heavy atom. The predicted octanol–water partition coefficient (Wildman–Crippen LogP) is 0.933. The number of nitrogens with zero attached hydrogens (tertiary/aromatic N) is 4. The molecule has 0 aliphatic heterocycles. The molecule has 2 heterocycles.